The normalized spacial score (nSPS) is 13.2. The highest BCUT2D eigenvalue weighted by atomic mass is 16.5. The minimum atomic E-state index is -0.179. The van der Waals surface area contributed by atoms with Crippen molar-refractivity contribution in [3.63, 3.8) is 0 Å². The van der Waals surface area contributed by atoms with Crippen molar-refractivity contribution in [2.45, 2.75) is 32.2 Å². The van der Waals surface area contributed by atoms with Gasteiger partial charge in [0.15, 0.2) is 0 Å². The second-order valence-corrected chi connectivity index (χ2v) is 7.43. The molecule has 0 aromatic heterocycles. The molecule has 1 aliphatic carbocycles. The molecule has 0 N–H and O–H groups in total. The number of allylic oxidation sites excluding steroid dienone is 2. The second kappa shape index (κ2) is 9.33. The molecule has 3 nitrogen and oxygen atoms in total. The third-order valence-electron chi connectivity index (χ3n) is 5.45. The lowest BCUT2D eigenvalue weighted by molar-refractivity contribution is -0.124. The summed E-state index contributed by atoms with van der Waals surface area (Å²) < 4.78 is 5.52. The predicted octanol–water partition coefficient (Wildman–Crippen LogP) is 5.69. The molecule has 0 unspecified atom stereocenters. The van der Waals surface area contributed by atoms with Crippen molar-refractivity contribution < 1.29 is 9.53 Å². The summed E-state index contributed by atoms with van der Waals surface area (Å²) in [5.41, 5.74) is 2.93. The molecular weight excluding hydrogens is 370 g/mol. The standard InChI is InChI=1S/C27H25NO2/c1-30-26-18-16-22-12-8-9-15-24(22)25(26)17-19-27(29)28(23-13-6-3-7-14-23)20-21-10-4-2-5-11-21/h2,4-5,8-13,15-16,18H,3,6-7,14,20H2,1H3. The minimum Gasteiger partial charge on any atom is -0.495 e. The fourth-order valence-corrected chi connectivity index (χ4v) is 3.87. The van der Waals surface area contributed by atoms with E-state index in [1.807, 2.05) is 71.6 Å². The number of benzene rings is 3. The van der Waals surface area contributed by atoms with Gasteiger partial charge in [0.2, 0.25) is 0 Å². The van der Waals surface area contributed by atoms with Crippen LogP contribution in [0.5, 0.6) is 5.75 Å². The molecule has 0 atom stereocenters. The van der Waals surface area contributed by atoms with E-state index in [0.717, 1.165) is 46.9 Å². The van der Waals surface area contributed by atoms with E-state index in [2.05, 4.69) is 17.9 Å². The first-order valence-electron chi connectivity index (χ1n) is 10.4. The Kier molecular flexibility index (Phi) is 6.15. The van der Waals surface area contributed by atoms with Crippen molar-refractivity contribution in [3.05, 3.63) is 89.6 Å². The van der Waals surface area contributed by atoms with Gasteiger partial charge in [-0.25, -0.2) is 0 Å². The summed E-state index contributed by atoms with van der Waals surface area (Å²) in [7, 11) is 1.63. The molecule has 0 radical (unpaired) electrons. The zero-order chi connectivity index (χ0) is 20.8. The van der Waals surface area contributed by atoms with E-state index in [0.29, 0.717) is 12.3 Å². The Bertz CT molecular complexity index is 1140. The van der Waals surface area contributed by atoms with Crippen molar-refractivity contribution in [2.24, 2.45) is 0 Å². The maximum Gasteiger partial charge on any atom is 0.303 e. The molecule has 0 fully saturated rings. The number of fused-ring (bicyclic) bond motifs is 1. The van der Waals surface area contributed by atoms with Crippen molar-refractivity contribution in [1.29, 1.82) is 0 Å². The molecule has 30 heavy (non-hydrogen) atoms. The maximum absolute atomic E-state index is 13.2. The molecule has 3 aromatic carbocycles. The van der Waals surface area contributed by atoms with Gasteiger partial charge in [0.05, 0.1) is 19.2 Å². The van der Waals surface area contributed by atoms with Crippen molar-refractivity contribution in [2.75, 3.05) is 7.11 Å². The van der Waals surface area contributed by atoms with Crippen LogP contribution >= 0.6 is 0 Å². The smallest absolute Gasteiger partial charge is 0.303 e. The summed E-state index contributed by atoms with van der Waals surface area (Å²) in [6.07, 6.45) is 6.39. The van der Waals surface area contributed by atoms with Crippen LogP contribution in [0.25, 0.3) is 10.8 Å². The van der Waals surface area contributed by atoms with Crippen LogP contribution in [0, 0.1) is 11.8 Å². The van der Waals surface area contributed by atoms with Gasteiger partial charge in [-0.1, -0.05) is 72.7 Å². The molecule has 0 spiro atoms. The molecule has 0 bridgehead atoms. The molecule has 0 aliphatic heterocycles. The minimum absolute atomic E-state index is 0.179. The van der Waals surface area contributed by atoms with Crippen LogP contribution in [0.4, 0.5) is 0 Å². The van der Waals surface area contributed by atoms with Gasteiger partial charge in [0, 0.05) is 17.0 Å². The largest absolute Gasteiger partial charge is 0.495 e. The van der Waals surface area contributed by atoms with Crippen LogP contribution in [0.3, 0.4) is 0 Å². The Labute approximate surface area is 178 Å². The molecule has 150 valence electrons. The Hall–Kier alpha value is -3.51. The summed E-state index contributed by atoms with van der Waals surface area (Å²) in [4.78, 5) is 15.1. The number of carbonyl (C=O) groups excluding carboxylic acids is 1. The summed E-state index contributed by atoms with van der Waals surface area (Å²) in [5.74, 6) is 6.52. The van der Waals surface area contributed by atoms with Crippen LogP contribution in [0.1, 0.15) is 36.8 Å². The third-order valence-corrected chi connectivity index (χ3v) is 5.45. The van der Waals surface area contributed by atoms with Gasteiger partial charge in [-0.15, -0.1) is 0 Å². The van der Waals surface area contributed by atoms with Crippen LogP contribution in [-0.2, 0) is 11.3 Å². The summed E-state index contributed by atoms with van der Waals surface area (Å²) in [5, 5.41) is 2.06. The highest BCUT2D eigenvalue weighted by Crippen LogP contribution is 2.27. The first-order chi connectivity index (χ1) is 14.8. The van der Waals surface area contributed by atoms with Gasteiger partial charge in [0.1, 0.15) is 5.75 Å². The Morgan fingerprint density at radius 3 is 2.57 bits per heavy atom. The van der Waals surface area contributed by atoms with Crippen molar-refractivity contribution >= 4 is 16.7 Å². The fraction of sp³-hybridized carbons (Fsp3) is 0.222. The SMILES string of the molecule is COc1ccc2ccccc2c1C#CC(=O)N(Cc1ccccc1)C1=CCCCC1. The topological polar surface area (TPSA) is 29.5 Å². The van der Waals surface area contributed by atoms with E-state index in [9.17, 15) is 4.79 Å². The molecule has 1 amide bonds. The molecule has 1 aliphatic rings. The Morgan fingerprint density at radius 2 is 1.80 bits per heavy atom. The Balaban J connectivity index is 1.69. The average molecular weight is 396 g/mol. The lowest BCUT2D eigenvalue weighted by Crippen LogP contribution is -2.29. The number of carbonyl (C=O) groups is 1. The molecule has 3 aromatic rings. The van der Waals surface area contributed by atoms with Gasteiger partial charge in [-0.2, -0.15) is 0 Å². The monoisotopic (exact) mass is 395 g/mol. The van der Waals surface area contributed by atoms with Gasteiger partial charge in [-0.3, -0.25) is 4.79 Å². The lowest BCUT2D eigenvalue weighted by Gasteiger charge is -2.26. The van der Waals surface area contributed by atoms with E-state index in [4.69, 9.17) is 4.74 Å². The Morgan fingerprint density at radius 1 is 1.00 bits per heavy atom. The lowest BCUT2D eigenvalue weighted by atomic mass is 10.0. The zero-order valence-corrected chi connectivity index (χ0v) is 17.2. The van der Waals surface area contributed by atoms with E-state index in [1.54, 1.807) is 7.11 Å². The van der Waals surface area contributed by atoms with Gasteiger partial charge >= 0.3 is 5.91 Å². The molecule has 0 saturated heterocycles. The predicted molar refractivity (Wildman–Crippen MR) is 121 cm³/mol. The summed E-state index contributed by atoms with van der Waals surface area (Å²) in [6, 6.07) is 22.0. The molecular formula is C27H25NO2. The number of hydrogen-bond acceptors (Lipinski definition) is 2. The van der Waals surface area contributed by atoms with Gasteiger partial charge in [0.25, 0.3) is 0 Å². The average Bonchev–Trinajstić information content (AvgIpc) is 2.82. The van der Waals surface area contributed by atoms with Gasteiger partial charge in [-0.05, 0) is 42.7 Å². The zero-order valence-electron chi connectivity index (χ0n) is 17.2. The number of rotatable bonds is 4. The number of amides is 1. The number of ether oxygens (including phenoxy) is 1. The summed E-state index contributed by atoms with van der Waals surface area (Å²) in [6.45, 7) is 0.535. The van der Waals surface area contributed by atoms with Crippen LogP contribution in [0.2, 0.25) is 0 Å². The van der Waals surface area contributed by atoms with Crippen LogP contribution in [0.15, 0.2) is 78.5 Å². The van der Waals surface area contributed by atoms with Crippen molar-refractivity contribution in [3.8, 4) is 17.6 Å². The number of hydrogen-bond donors (Lipinski definition) is 0. The first-order valence-corrected chi connectivity index (χ1v) is 10.4. The highest BCUT2D eigenvalue weighted by Gasteiger charge is 2.18. The fourth-order valence-electron chi connectivity index (χ4n) is 3.87. The first kappa shape index (κ1) is 19.8. The van der Waals surface area contributed by atoms with Crippen LogP contribution in [-0.4, -0.2) is 17.9 Å². The number of nitrogens with zero attached hydrogens (tertiary/aromatic N) is 1. The van der Waals surface area contributed by atoms with E-state index < -0.39 is 0 Å². The molecule has 4 rings (SSSR count). The van der Waals surface area contributed by atoms with Crippen molar-refractivity contribution in [1.82, 2.24) is 4.90 Å². The highest BCUT2D eigenvalue weighted by molar-refractivity contribution is 5.97. The van der Waals surface area contributed by atoms with E-state index in [1.165, 1.54) is 6.42 Å². The third kappa shape index (κ3) is 4.39. The quantitative estimate of drug-likeness (QED) is 0.532. The second-order valence-electron chi connectivity index (χ2n) is 7.43. The number of methoxy groups -OCH3 is 1. The van der Waals surface area contributed by atoms with E-state index >= 15 is 0 Å². The van der Waals surface area contributed by atoms with Crippen LogP contribution < -0.4 is 4.74 Å². The molecule has 0 saturated carbocycles. The summed E-state index contributed by atoms with van der Waals surface area (Å²) >= 11 is 0. The maximum atomic E-state index is 13.2. The molecule has 0 heterocycles. The molecule has 3 heteroatoms. The van der Waals surface area contributed by atoms with Gasteiger partial charge < -0.3 is 9.64 Å². The van der Waals surface area contributed by atoms with E-state index in [-0.39, 0.29) is 5.91 Å².